The van der Waals surface area contributed by atoms with Gasteiger partial charge in [-0.1, -0.05) is 23.2 Å². The number of hydrogen-bond acceptors (Lipinski definition) is 4. The average molecular weight is 278 g/mol. The topological polar surface area (TPSA) is 64.1 Å². The van der Waals surface area contributed by atoms with E-state index < -0.39 is 0 Å². The van der Waals surface area contributed by atoms with Crippen molar-refractivity contribution in [3.05, 3.63) is 20.8 Å². The number of nitrogens with two attached hydrogens (primary N) is 1. The molecule has 0 spiro atoms. The Labute approximate surface area is 106 Å². The van der Waals surface area contributed by atoms with Crippen LogP contribution >= 0.6 is 34.5 Å². The van der Waals surface area contributed by atoms with Gasteiger partial charge >= 0.3 is 0 Å². The summed E-state index contributed by atoms with van der Waals surface area (Å²) in [7, 11) is 0. The van der Waals surface area contributed by atoms with Gasteiger partial charge in [-0.25, -0.2) is 4.68 Å². The second kappa shape index (κ2) is 4.63. The van der Waals surface area contributed by atoms with Gasteiger partial charge in [-0.3, -0.25) is 0 Å². The molecule has 0 aromatic carbocycles. The third kappa shape index (κ3) is 2.17. The number of nitrogen functional groups attached to an aromatic ring is 1. The van der Waals surface area contributed by atoms with Crippen LogP contribution in [0.3, 0.4) is 0 Å². The highest BCUT2D eigenvalue weighted by atomic mass is 35.5. The van der Waals surface area contributed by atoms with Crippen molar-refractivity contribution in [2.45, 2.75) is 6.54 Å². The van der Waals surface area contributed by atoms with Gasteiger partial charge in [-0.2, -0.15) is 5.10 Å². The number of aliphatic hydroxyl groups is 1. The van der Waals surface area contributed by atoms with Gasteiger partial charge in [0, 0.05) is 11.6 Å². The summed E-state index contributed by atoms with van der Waals surface area (Å²) >= 11 is 13.1. The predicted molar refractivity (Wildman–Crippen MR) is 67.1 cm³/mol. The predicted octanol–water partition coefficient (Wildman–Crippen LogP) is 2.49. The number of aliphatic hydroxyl groups excluding tert-OH is 1. The Hall–Kier alpha value is -0.750. The lowest BCUT2D eigenvalue weighted by Crippen LogP contribution is -2.07. The fourth-order valence-corrected chi connectivity index (χ4v) is 2.83. The van der Waals surface area contributed by atoms with Gasteiger partial charge in [-0.05, 0) is 6.07 Å². The summed E-state index contributed by atoms with van der Waals surface area (Å²) in [4.78, 5) is 0. The Kier molecular flexibility index (Phi) is 3.39. The van der Waals surface area contributed by atoms with Crippen molar-refractivity contribution < 1.29 is 5.11 Å². The highest BCUT2D eigenvalue weighted by Gasteiger charge is 2.13. The fourth-order valence-electron chi connectivity index (χ4n) is 1.35. The minimum Gasteiger partial charge on any atom is -0.394 e. The number of aromatic nitrogens is 2. The second-order valence-corrected chi connectivity index (χ2v) is 5.42. The lowest BCUT2D eigenvalue weighted by Gasteiger charge is -1.98. The molecule has 2 aromatic heterocycles. The third-order valence-electron chi connectivity index (χ3n) is 2.06. The summed E-state index contributed by atoms with van der Waals surface area (Å²) in [6.45, 7) is 0.352. The van der Waals surface area contributed by atoms with E-state index >= 15 is 0 Å². The zero-order chi connectivity index (χ0) is 11.7. The Bertz CT molecular complexity index is 509. The number of anilines is 1. The molecule has 0 saturated heterocycles. The molecule has 86 valence electrons. The lowest BCUT2D eigenvalue weighted by molar-refractivity contribution is 0.270. The first-order chi connectivity index (χ1) is 7.61. The monoisotopic (exact) mass is 277 g/mol. The molecule has 0 atom stereocenters. The van der Waals surface area contributed by atoms with Crippen molar-refractivity contribution in [2.24, 2.45) is 0 Å². The SMILES string of the molecule is Nc1cc(-c2cc(Cl)sc2Cl)nn1CCO. The minimum atomic E-state index is -0.0105. The van der Waals surface area contributed by atoms with Crippen LogP contribution in [0.1, 0.15) is 0 Å². The van der Waals surface area contributed by atoms with Crippen molar-refractivity contribution in [2.75, 3.05) is 12.3 Å². The molecule has 7 heteroatoms. The maximum Gasteiger partial charge on any atom is 0.122 e. The van der Waals surface area contributed by atoms with Crippen LogP contribution in [0.15, 0.2) is 12.1 Å². The molecule has 0 aliphatic rings. The number of halogens is 2. The average Bonchev–Trinajstić information content (AvgIpc) is 2.72. The van der Waals surface area contributed by atoms with Crippen LogP contribution in [0.5, 0.6) is 0 Å². The van der Waals surface area contributed by atoms with Crippen LogP contribution < -0.4 is 5.73 Å². The molecule has 0 bridgehead atoms. The van der Waals surface area contributed by atoms with Crippen molar-refractivity contribution in [3.8, 4) is 11.3 Å². The Morgan fingerprint density at radius 3 is 2.75 bits per heavy atom. The molecule has 0 unspecified atom stereocenters. The molecule has 16 heavy (non-hydrogen) atoms. The molecule has 0 saturated carbocycles. The van der Waals surface area contributed by atoms with Crippen LogP contribution in [0.2, 0.25) is 8.67 Å². The molecule has 2 aromatic rings. The van der Waals surface area contributed by atoms with Gasteiger partial charge in [-0.15, -0.1) is 11.3 Å². The van der Waals surface area contributed by atoms with Crippen molar-refractivity contribution in [1.29, 1.82) is 0 Å². The van der Waals surface area contributed by atoms with Gasteiger partial charge in [0.2, 0.25) is 0 Å². The molecule has 2 heterocycles. The van der Waals surface area contributed by atoms with Crippen molar-refractivity contribution in [1.82, 2.24) is 9.78 Å². The van der Waals surface area contributed by atoms with E-state index in [1.54, 1.807) is 12.1 Å². The molecule has 0 amide bonds. The summed E-state index contributed by atoms with van der Waals surface area (Å²) in [5, 5.41) is 13.1. The summed E-state index contributed by atoms with van der Waals surface area (Å²) in [5.74, 6) is 0.488. The van der Waals surface area contributed by atoms with Crippen LogP contribution in [-0.4, -0.2) is 21.5 Å². The number of thiophene rings is 1. The van der Waals surface area contributed by atoms with E-state index in [1.165, 1.54) is 16.0 Å². The maximum atomic E-state index is 8.82. The summed E-state index contributed by atoms with van der Waals surface area (Å²) in [6, 6.07) is 3.46. The van der Waals surface area contributed by atoms with Gasteiger partial charge in [0.1, 0.15) is 10.2 Å². The van der Waals surface area contributed by atoms with E-state index in [1.807, 2.05) is 0 Å². The quantitative estimate of drug-likeness (QED) is 0.906. The molecule has 0 radical (unpaired) electrons. The normalized spacial score (nSPS) is 10.9. The molecule has 0 aliphatic heterocycles. The van der Waals surface area contributed by atoms with Crippen molar-refractivity contribution >= 4 is 40.4 Å². The van der Waals surface area contributed by atoms with Gasteiger partial charge in [0.15, 0.2) is 0 Å². The molecular weight excluding hydrogens is 269 g/mol. The highest BCUT2D eigenvalue weighted by Crippen LogP contribution is 2.37. The Morgan fingerprint density at radius 1 is 1.44 bits per heavy atom. The number of hydrogen-bond donors (Lipinski definition) is 2. The summed E-state index contributed by atoms with van der Waals surface area (Å²) in [5.41, 5.74) is 7.17. The molecule has 2 rings (SSSR count). The zero-order valence-corrected chi connectivity index (χ0v) is 10.5. The molecule has 4 nitrogen and oxygen atoms in total. The Balaban J connectivity index is 2.41. The standard InChI is InChI=1S/C9H9Cl2N3OS/c10-7-3-5(9(11)16-7)6-4-8(12)14(13-6)1-2-15/h3-4,15H,1-2,12H2. The highest BCUT2D eigenvalue weighted by molar-refractivity contribution is 7.20. The fraction of sp³-hybridized carbons (Fsp3) is 0.222. The van der Waals surface area contributed by atoms with Crippen LogP contribution in [0.4, 0.5) is 5.82 Å². The lowest BCUT2D eigenvalue weighted by atomic mass is 10.2. The first kappa shape index (κ1) is 11.7. The van der Waals surface area contributed by atoms with Crippen LogP contribution in [0, 0.1) is 0 Å². The number of rotatable bonds is 3. The van der Waals surface area contributed by atoms with Gasteiger partial charge in [0.05, 0.1) is 23.2 Å². The Morgan fingerprint density at radius 2 is 2.19 bits per heavy atom. The molecule has 3 N–H and O–H groups in total. The largest absolute Gasteiger partial charge is 0.394 e. The summed E-state index contributed by atoms with van der Waals surface area (Å²) in [6.07, 6.45) is 0. The zero-order valence-electron chi connectivity index (χ0n) is 8.15. The van der Waals surface area contributed by atoms with E-state index in [0.717, 1.165) is 5.56 Å². The van der Waals surface area contributed by atoms with Gasteiger partial charge < -0.3 is 10.8 Å². The van der Waals surface area contributed by atoms with Crippen LogP contribution in [0.25, 0.3) is 11.3 Å². The summed E-state index contributed by atoms with van der Waals surface area (Å²) < 4.78 is 2.71. The first-order valence-corrected chi connectivity index (χ1v) is 6.08. The van der Waals surface area contributed by atoms with Gasteiger partial charge in [0.25, 0.3) is 0 Å². The molecular formula is C9H9Cl2N3OS. The second-order valence-electron chi connectivity index (χ2n) is 3.14. The van der Waals surface area contributed by atoms with E-state index in [0.29, 0.717) is 26.7 Å². The number of nitrogens with zero attached hydrogens (tertiary/aromatic N) is 2. The van der Waals surface area contributed by atoms with E-state index in [4.69, 9.17) is 34.0 Å². The maximum absolute atomic E-state index is 8.82. The minimum absolute atomic E-state index is 0.0105. The smallest absolute Gasteiger partial charge is 0.122 e. The molecule has 0 aliphatic carbocycles. The van der Waals surface area contributed by atoms with E-state index in [2.05, 4.69) is 5.10 Å². The van der Waals surface area contributed by atoms with E-state index in [-0.39, 0.29) is 6.61 Å². The third-order valence-corrected chi connectivity index (χ3v) is 3.54. The van der Waals surface area contributed by atoms with Crippen molar-refractivity contribution in [3.63, 3.8) is 0 Å². The first-order valence-electron chi connectivity index (χ1n) is 4.51. The van der Waals surface area contributed by atoms with E-state index in [9.17, 15) is 0 Å². The molecule has 0 fully saturated rings. The van der Waals surface area contributed by atoms with Crippen LogP contribution in [-0.2, 0) is 6.54 Å².